The number of rotatable bonds is 11. The summed E-state index contributed by atoms with van der Waals surface area (Å²) in [4.78, 5) is 30.3. The molecule has 1 atom stereocenters. The third kappa shape index (κ3) is 9.58. The molecule has 20 heteroatoms. The van der Waals surface area contributed by atoms with E-state index in [4.69, 9.17) is 9.15 Å². The molecule has 2 amide bonds. The standard InChI is InChI=1S/C33H33F8N7O5/c1-18(42-29(50)52-30(2,3)4)15-32(37,38)22-14-23(34)21(26-44-45-28(51-26)47-11-9-31(35,36)10-12-47)13-24(22)48(17-49)16-19-5-7-20(8-6-19)25-43-27(53-46-25)33(39,40)41/h5-8,13-14,17-18H,9-12,15-16H2,1-4H3,(H,42,50). The topological polar surface area (TPSA) is 140 Å². The second kappa shape index (κ2) is 14.6. The number of carbonyl (C=O) groups is 2. The molecule has 53 heavy (non-hydrogen) atoms. The summed E-state index contributed by atoms with van der Waals surface area (Å²) in [5, 5.41) is 13.2. The fourth-order valence-electron chi connectivity index (χ4n) is 5.38. The molecule has 2 aromatic heterocycles. The highest BCUT2D eigenvalue weighted by Crippen LogP contribution is 2.43. The van der Waals surface area contributed by atoms with Crippen molar-refractivity contribution in [1.82, 2.24) is 25.7 Å². The number of nitrogens with zero attached hydrogens (tertiary/aromatic N) is 6. The number of ether oxygens (including phenoxy) is 1. The van der Waals surface area contributed by atoms with Crippen molar-refractivity contribution in [1.29, 1.82) is 0 Å². The molecule has 1 saturated heterocycles. The quantitative estimate of drug-likeness (QED) is 0.119. The van der Waals surface area contributed by atoms with Crippen LogP contribution in [0.2, 0.25) is 0 Å². The Morgan fingerprint density at radius 1 is 1.08 bits per heavy atom. The van der Waals surface area contributed by atoms with Crippen LogP contribution in [0.5, 0.6) is 0 Å². The summed E-state index contributed by atoms with van der Waals surface area (Å²) in [6.45, 7) is 5.33. The van der Waals surface area contributed by atoms with Gasteiger partial charge in [-0.1, -0.05) is 34.5 Å². The van der Waals surface area contributed by atoms with Gasteiger partial charge in [-0.15, -0.1) is 5.10 Å². The Balaban J connectivity index is 1.47. The van der Waals surface area contributed by atoms with E-state index in [1.165, 1.54) is 36.1 Å². The fourth-order valence-corrected chi connectivity index (χ4v) is 5.38. The van der Waals surface area contributed by atoms with E-state index in [1.54, 1.807) is 20.8 Å². The number of nitrogens with one attached hydrogen (secondary N) is 1. The van der Waals surface area contributed by atoms with E-state index in [1.807, 2.05) is 0 Å². The number of alkyl carbamates (subject to hydrolysis) is 1. The van der Waals surface area contributed by atoms with Crippen LogP contribution in [-0.2, 0) is 28.2 Å². The second-order valence-corrected chi connectivity index (χ2v) is 13.4. The molecule has 1 aliphatic heterocycles. The molecular formula is C33H33F8N7O5. The number of alkyl halides is 7. The molecule has 3 heterocycles. The molecule has 286 valence electrons. The van der Waals surface area contributed by atoms with Crippen LogP contribution in [0.4, 0.5) is 51.6 Å². The monoisotopic (exact) mass is 759 g/mol. The highest BCUT2D eigenvalue weighted by atomic mass is 19.4. The Morgan fingerprint density at radius 3 is 2.32 bits per heavy atom. The number of hydrogen-bond acceptors (Lipinski definition) is 10. The molecule has 0 aliphatic carbocycles. The zero-order valence-corrected chi connectivity index (χ0v) is 28.6. The normalized spacial score (nSPS) is 15.6. The highest BCUT2D eigenvalue weighted by molar-refractivity contribution is 5.80. The molecule has 0 radical (unpaired) electrons. The van der Waals surface area contributed by atoms with Gasteiger partial charge in [-0.25, -0.2) is 26.7 Å². The van der Waals surface area contributed by atoms with Gasteiger partial charge in [0.05, 0.1) is 17.8 Å². The van der Waals surface area contributed by atoms with E-state index in [0.717, 1.165) is 11.0 Å². The average Bonchev–Trinajstić information content (AvgIpc) is 3.74. The fraction of sp³-hybridized carbons (Fsp3) is 0.455. The Kier molecular flexibility index (Phi) is 10.7. The van der Waals surface area contributed by atoms with Crippen molar-refractivity contribution in [3.8, 4) is 22.8 Å². The Morgan fingerprint density at radius 2 is 1.74 bits per heavy atom. The molecule has 1 unspecified atom stereocenters. The largest absolute Gasteiger partial charge is 0.471 e. The first-order valence-electron chi connectivity index (χ1n) is 16.0. The lowest BCUT2D eigenvalue weighted by atomic mass is 9.96. The Labute approximate surface area is 296 Å². The highest BCUT2D eigenvalue weighted by Gasteiger charge is 2.41. The summed E-state index contributed by atoms with van der Waals surface area (Å²) >= 11 is 0. The SMILES string of the molecule is CC(CC(F)(F)c1cc(F)c(-c2nnc(N3CCC(F)(F)CC3)o2)cc1N(C=O)Cc1ccc(-c2noc(C(F)(F)F)n2)cc1)NC(=O)OC(C)(C)C. The van der Waals surface area contributed by atoms with Gasteiger partial charge < -0.3 is 28.8 Å². The molecular weight excluding hydrogens is 726 g/mol. The van der Waals surface area contributed by atoms with Crippen LogP contribution in [0, 0.1) is 5.82 Å². The average molecular weight is 760 g/mol. The second-order valence-electron chi connectivity index (χ2n) is 13.4. The molecule has 12 nitrogen and oxygen atoms in total. The predicted molar refractivity (Wildman–Crippen MR) is 170 cm³/mol. The molecule has 0 bridgehead atoms. The summed E-state index contributed by atoms with van der Waals surface area (Å²) < 4.78 is 129. The summed E-state index contributed by atoms with van der Waals surface area (Å²) in [5.41, 5.74) is -2.46. The number of aromatic nitrogens is 4. The minimum absolute atomic E-state index is 0.109. The Hall–Kier alpha value is -5.30. The number of piperidine rings is 1. The lowest BCUT2D eigenvalue weighted by molar-refractivity contribution is -0.159. The summed E-state index contributed by atoms with van der Waals surface area (Å²) in [6.07, 6.45) is -7.69. The van der Waals surface area contributed by atoms with Gasteiger partial charge in [0.15, 0.2) is 0 Å². The lowest BCUT2D eigenvalue weighted by Gasteiger charge is -2.30. The predicted octanol–water partition coefficient (Wildman–Crippen LogP) is 7.74. The van der Waals surface area contributed by atoms with Crippen LogP contribution in [0.1, 0.15) is 64.0 Å². The minimum atomic E-state index is -4.87. The van der Waals surface area contributed by atoms with Crippen LogP contribution < -0.4 is 15.1 Å². The molecule has 0 saturated carbocycles. The number of anilines is 2. The van der Waals surface area contributed by atoms with Crippen molar-refractivity contribution >= 4 is 24.2 Å². The van der Waals surface area contributed by atoms with E-state index in [2.05, 4.69) is 30.2 Å². The van der Waals surface area contributed by atoms with E-state index >= 15 is 13.2 Å². The smallest absolute Gasteiger partial charge is 0.444 e. The first-order valence-corrected chi connectivity index (χ1v) is 16.0. The molecule has 1 N–H and O–H groups in total. The number of carbonyl (C=O) groups excluding carboxylic acids is 2. The lowest BCUT2D eigenvalue weighted by Crippen LogP contribution is -2.40. The number of hydrogen-bond donors (Lipinski definition) is 1. The third-order valence-corrected chi connectivity index (χ3v) is 7.89. The van der Waals surface area contributed by atoms with Gasteiger partial charge in [-0.05, 0) is 45.4 Å². The van der Waals surface area contributed by atoms with E-state index in [0.29, 0.717) is 11.6 Å². The zero-order chi connectivity index (χ0) is 38.9. The van der Waals surface area contributed by atoms with Gasteiger partial charge >= 0.3 is 24.2 Å². The van der Waals surface area contributed by atoms with Crippen molar-refractivity contribution in [2.75, 3.05) is 22.9 Å². The van der Waals surface area contributed by atoms with Crippen LogP contribution in [0.15, 0.2) is 45.3 Å². The maximum atomic E-state index is 16.1. The minimum Gasteiger partial charge on any atom is -0.444 e. The number of amides is 2. The van der Waals surface area contributed by atoms with Gasteiger partial charge in [0.2, 0.25) is 12.2 Å². The van der Waals surface area contributed by atoms with Gasteiger partial charge in [-0.3, -0.25) is 4.79 Å². The van der Waals surface area contributed by atoms with E-state index in [-0.39, 0.29) is 36.9 Å². The molecule has 1 aliphatic rings. The van der Waals surface area contributed by atoms with E-state index in [9.17, 15) is 31.5 Å². The van der Waals surface area contributed by atoms with Crippen molar-refractivity contribution in [3.63, 3.8) is 0 Å². The van der Waals surface area contributed by atoms with Crippen molar-refractivity contribution < 1.29 is 58.4 Å². The molecule has 2 aromatic carbocycles. The van der Waals surface area contributed by atoms with Gasteiger partial charge in [0.1, 0.15) is 11.4 Å². The molecule has 5 rings (SSSR count). The Bertz CT molecular complexity index is 1920. The molecule has 4 aromatic rings. The van der Waals surface area contributed by atoms with E-state index < -0.39 is 96.0 Å². The first-order chi connectivity index (χ1) is 24.6. The number of benzene rings is 2. The first kappa shape index (κ1) is 38.9. The summed E-state index contributed by atoms with van der Waals surface area (Å²) in [5.74, 6) is -10.5. The maximum Gasteiger partial charge on any atom is 0.471 e. The maximum absolute atomic E-state index is 16.1. The van der Waals surface area contributed by atoms with Crippen molar-refractivity contribution in [2.24, 2.45) is 0 Å². The number of halogens is 8. The summed E-state index contributed by atoms with van der Waals surface area (Å²) in [7, 11) is 0. The van der Waals surface area contributed by atoms with Gasteiger partial charge in [0, 0.05) is 49.5 Å². The van der Waals surface area contributed by atoms with Crippen LogP contribution in [-0.4, -0.2) is 63.5 Å². The summed E-state index contributed by atoms with van der Waals surface area (Å²) in [6, 6.07) is 5.34. The van der Waals surface area contributed by atoms with Gasteiger partial charge in [-0.2, -0.15) is 18.2 Å². The van der Waals surface area contributed by atoms with Crippen LogP contribution in [0.25, 0.3) is 22.8 Å². The van der Waals surface area contributed by atoms with Crippen LogP contribution in [0.3, 0.4) is 0 Å². The molecule has 1 fully saturated rings. The van der Waals surface area contributed by atoms with Crippen molar-refractivity contribution in [3.05, 3.63) is 59.2 Å². The van der Waals surface area contributed by atoms with Gasteiger partial charge in [0.25, 0.3) is 17.7 Å². The van der Waals surface area contributed by atoms with Crippen LogP contribution >= 0.6 is 0 Å². The third-order valence-electron chi connectivity index (χ3n) is 7.89. The molecule has 0 spiro atoms. The van der Waals surface area contributed by atoms with Crippen molar-refractivity contribution in [2.45, 2.75) is 83.2 Å². The zero-order valence-electron chi connectivity index (χ0n) is 28.6.